The molecular weight excluding hydrogens is 282 g/mol. The number of carbonyl (C=O) groups excluding carboxylic acids is 1. The maximum atomic E-state index is 10.8. The normalized spacial score (nSPS) is 11.0. The average Bonchev–Trinajstić information content (AvgIpc) is 2.64. The van der Waals surface area contributed by atoms with E-state index in [0.717, 1.165) is 12.0 Å². The second-order valence-corrected chi connectivity index (χ2v) is 5.72. The van der Waals surface area contributed by atoms with E-state index in [1.165, 1.54) is 11.1 Å². The smallest absolute Gasteiger partial charge is 0.150 e. The fourth-order valence-corrected chi connectivity index (χ4v) is 2.79. The third-order valence-corrected chi connectivity index (χ3v) is 4.14. The fourth-order valence-electron chi connectivity index (χ4n) is 2.79. The number of benzene rings is 3. The van der Waals surface area contributed by atoms with Crippen LogP contribution in [0.1, 0.15) is 28.4 Å². The van der Waals surface area contributed by atoms with E-state index in [1.54, 1.807) is 0 Å². The van der Waals surface area contributed by atoms with Crippen molar-refractivity contribution in [3.63, 3.8) is 0 Å². The third-order valence-electron chi connectivity index (χ3n) is 4.14. The summed E-state index contributed by atoms with van der Waals surface area (Å²) in [6.45, 7) is 2.17. The van der Waals surface area contributed by atoms with Crippen LogP contribution in [0.4, 0.5) is 5.69 Å². The summed E-state index contributed by atoms with van der Waals surface area (Å²) < 4.78 is 0. The SMILES string of the molecule is CC(Nc1ccc(C=O)cc1)(c1ccccc1)c1ccccc1. The molecule has 0 atom stereocenters. The average molecular weight is 301 g/mol. The number of carbonyl (C=O) groups is 1. The molecular formula is C21H19NO. The number of hydrogen-bond donors (Lipinski definition) is 1. The highest BCUT2D eigenvalue weighted by atomic mass is 16.1. The Bertz CT molecular complexity index is 724. The molecule has 0 amide bonds. The minimum Gasteiger partial charge on any atom is -0.372 e. The summed E-state index contributed by atoms with van der Waals surface area (Å²) in [7, 11) is 0. The number of anilines is 1. The molecule has 0 aromatic heterocycles. The highest BCUT2D eigenvalue weighted by molar-refractivity contribution is 5.75. The van der Waals surface area contributed by atoms with E-state index in [4.69, 9.17) is 0 Å². The Hall–Kier alpha value is -2.87. The van der Waals surface area contributed by atoms with Crippen molar-refractivity contribution in [3.8, 4) is 0 Å². The number of aldehydes is 1. The first kappa shape index (κ1) is 15.0. The molecule has 2 nitrogen and oxygen atoms in total. The van der Waals surface area contributed by atoms with Crippen molar-refractivity contribution in [2.45, 2.75) is 12.5 Å². The molecule has 0 aliphatic rings. The van der Waals surface area contributed by atoms with Crippen molar-refractivity contribution < 1.29 is 4.79 Å². The van der Waals surface area contributed by atoms with E-state index in [9.17, 15) is 4.79 Å². The zero-order chi connectivity index (χ0) is 16.1. The van der Waals surface area contributed by atoms with E-state index in [0.29, 0.717) is 5.56 Å². The predicted molar refractivity (Wildman–Crippen MR) is 94.8 cm³/mol. The first-order chi connectivity index (χ1) is 11.2. The van der Waals surface area contributed by atoms with Gasteiger partial charge in [-0.2, -0.15) is 0 Å². The topological polar surface area (TPSA) is 29.1 Å². The van der Waals surface area contributed by atoms with Crippen LogP contribution in [0.25, 0.3) is 0 Å². The Morgan fingerprint density at radius 3 is 1.65 bits per heavy atom. The zero-order valence-corrected chi connectivity index (χ0v) is 13.1. The first-order valence-electron chi connectivity index (χ1n) is 7.67. The highest BCUT2D eigenvalue weighted by Gasteiger charge is 2.28. The quantitative estimate of drug-likeness (QED) is 0.681. The summed E-state index contributed by atoms with van der Waals surface area (Å²) in [4.78, 5) is 10.8. The predicted octanol–water partition coefficient (Wildman–Crippen LogP) is 4.87. The Kier molecular flexibility index (Phi) is 4.24. The Balaban J connectivity index is 2.03. The van der Waals surface area contributed by atoms with Gasteiger partial charge in [-0.3, -0.25) is 4.79 Å². The molecule has 3 aromatic carbocycles. The van der Waals surface area contributed by atoms with Crippen molar-refractivity contribution in [3.05, 3.63) is 102 Å². The van der Waals surface area contributed by atoms with Crippen LogP contribution in [0.3, 0.4) is 0 Å². The molecule has 2 heteroatoms. The van der Waals surface area contributed by atoms with Gasteiger partial charge < -0.3 is 5.32 Å². The van der Waals surface area contributed by atoms with Gasteiger partial charge in [0.2, 0.25) is 0 Å². The van der Waals surface area contributed by atoms with Crippen LogP contribution >= 0.6 is 0 Å². The van der Waals surface area contributed by atoms with E-state index in [2.05, 4.69) is 36.5 Å². The van der Waals surface area contributed by atoms with Gasteiger partial charge in [0, 0.05) is 11.3 Å². The molecule has 0 bridgehead atoms. The zero-order valence-electron chi connectivity index (χ0n) is 13.1. The maximum absolute atomic E-state index is 10.8. The van der Waals surface area contributed by atoms with Gasteiger partial charge in [-0.05, 0) is 42.3 Å². The van der Waals surface area contributed by atoms with Crippen LogP contribution in [-0.4, -0.2) is 6.29 Å². The van der Waals surface area contributed by atoms with Gasteiger partial charge in [0.25, 0.3) is 0 Å². The molecule has 0 heterocycles. The molecule has 0 saturated heterocycles. The molecule has 23 heavy (non-hydrogen) atoms. The lowest BCUT2D eigenvalue weighted by atomic mass is 9.84. The first-order valence-corrected chi connectivity index (χ1v) is 7.67. The molecule has 0 aliphatic carbocycles. The van der Waals surface area contributed by atoms with Crippen molar-refractivity contribution in [1.82, 2.24) is 0 Å². The monoisotopic (exact) mass is 301 g/mol. The van der Waals surface area contributed by atoms with Crippen molar-refractivity contribution >= 4 is 12.0 Å². The minimum atomic E-state index is -0.356. The number of nitrogens with one attached hydrogen (secondary N) is 1. The molecule has 114 valence electrons. The molecule has 0 fully saturated rings. The molecule has 0 unspecified atom stereocenters. The van der Waals surface area contributed by atoms with Crippen molar-refractivity contribution in [2.24, 2.45) is 0 Å². The van der Waals surface area contributed by atoms with Crippen molar-refractivity contribution in [2.75, 3.05) is 5.32 Å². The number of rotatable bonds is 5. The lowest BCUT2D eigenvalue weighted by molar-refractivity contribution is 0.112. The molecule has 3 rings (SSSR count). The van der Waals surface area contributed by atoms with E-state index >= 15 is 0 Å². The third kappa shape index (κ3) is 3.16. The maximum Gasteiger partial charge on any atom is 0.150 e. The highest BCUT2D eigenvalue weighted by Crippen LogP contribution is 2.33. The fraction of sp³-hybridized carbons (Fsp3) is 0.0952. The van der Waals surface area contributed by atoms with Gasteiger partial charge in [-0.1, -0.05) is 60.7 Å². The molecule has 3 aromatic rings. The van der Waals surface area contributed by atoms with E-state index in [1.807, 2.05) is 60.7 Å². The number of hydrogen-bond acceptors (Lipinski definition) is 2. The van der Waals surface area contributed by atoms with Crippen LogP contribution in [0.5, 0.6) is 0 Å². The Morgan fingerprint density at radius 2 is 1.22 bits per heavy atom. The lowest BCUT2D eigenvalue weighted by Gasteiger charge is -2.33. The lowest BCUT2D eigenvalue weighted by Crippen LogP contribution is -2.33. The largest absolute Gasteiger partial charge is 0.372 e. The van der Waals surface area contributed by atoms with Gasteiger partial charge in [-0.15, -0.1) is 0 Å². The summed E-state index contributed by atoms with van der Waals surface area (Å²) in [5.41, 5.74) is 3.67. The summed E-state index contributed by atoms with van der Waals surface area (Å²) in [6, 6.07) is 28.3. The summed E-state index contributed by atoms with van der Waals surface area (Å²) >= 11 is 0. The summed E-state index contributed by atoms with van der Waals surface area (Å²) in [5.74, 6) is 0. The van der Waals surface area contributed by atoms with Crippen LogP contribution in [0.15, 0.2) is 84.9 Å². The van der Waals surface area contributed by atoms with Gasteiger partial charge in [-0.25, -0.2) is 0 Å². The molecule has 1 N–H and O–H groups in total. The standard InChI is InChI=1S/C21H19NO/c1-21(18-8-4-2-5-9-18,19-10-6-3-7-11-19)22-20-14-12-17(16-23)13-15-20/h2-16,22H,1H3. The van der Waals surface area contributed by atoms with Crippen LogP contribution < -0.4 is 5.32 Å². The molecule has 0 aliphatic heterocycles. The van der Waals surface area contributed by atoms with Gasteiger partial charge in [0.05, 0.1) is 5.54 Å². The second kappa shape index (κ2) is 6.49. The van der Waals surface area contributed by atoms with Gasteiger partial charge in [0.15, 0.2) is 0 Å². The molecule has 0 radical (unpaired) electrons. The minimum absolute atomic E-state index is 0.356. The molecule has 0 spiro atoms. The van der Waals surface area contributed by atoms with Crippen molar-refractivity contribution in [1.29, 1.82) is 0 Å². The Morgan fingerprint density at radius 1 is 0.739 bits per heavy atom. The Labute approximate surface area is 136 Å². The van der Waals surface area contributed by atoms with E-state index < -0.39 is 0 Å². The summed E-state index contributed by atoms with van der Waals surface area (Å²) in [6.07, 6.45) is 0.859. The van der Waals surface area contributed by atoms with E-state index in [-0.39, 0.29) is 5.54 Å². The van der Waals surface area contributed by atoms with Crippen LogP contribution in [0, 0.1) is 0 Å². The van der Waals surface area contributed by atoms with Crippen LogP contribution in [-0.2, 0) is 5.54 Å². The van der Waals surface area contributed by atoms with Gasteiger partial charge in [0.1, 0.15) is 6.29 Å². The second-order valence-electron chi connectivity index (χ2n) is 5.72. The summed E-state index contributed by atoms with van der Waals surface area (Å²) in [5, 5.41) is 3.62. The van der Waals surface area contributed by atoms with Crippen LogP contribution in [0.2, 0.25) is 0 Å². The van der Waals surface area contributed by atoms with Gasteiger partial charge >= 0.3 is 0 Å². The molecule has 0 saturated carbocycles.